The molecular formula is C16H22O2. The van der Waals surface area contributed by atoms with Crippen molar-refractivity contribution in [2.24, 2.45) is 17.8 Å². The van der Waals surface area contributed by atoms with E-state index < -0.39 is 0 Å². The van der Waals surface area contributed by atoms with E-state index in [0.717, 1.165) is 23.1 Å². The molecule has 3 atom stereocenters. The molecule has 2 aliphatic carbocycles. The minimum absolute atomic E-state index is 0.150. The maximum absolute atomic E-state index is 10.6. The molecular weight excluding hydrogens is 224 g/mol. The van der Waals surface area contributed by atoms with E-state index in [4.69, 9.17) is 4.74 Å². The molecule has 0 bridgehead atoms. The van der Waals surface area contributed by atoms with Crippen LogP contribution in [0.15, 0.2) is 24.3 Å². The molecule has 0 heterocycles. The summed E-state index contributed by atoms with van der Waals surface area (Å²) < 4.78 is 5.81. The number of hydrogen-bond donors (Lipinski definition) is 1. The zero-order valence-corrected chi connectivity index (χ0v) is 11.2. The summed E-state index contributed by atoms with van der Waals surface area (Å²) >= 11 is 0. The van der Waals surface area contributed by atoms with Crippen molar-refractivity contribution < 1.29 is 9.84 Å². The summed E-state index contributed by atoms with van der Waals surface area (Å²) in [5.74, 6) is 2.87. The number of aliphatic hydroxyl groups is 1. The lowest BCUT2D eigenvalue weighted by Gasteiger charge is -2.19. The molecule has 98 valence electrons. The molecule has 0 amide bonds. The first kappa shape index (κ1) is 12.0. The van der Waals surface area contributed by atoms with Crippen molar-refractivity contribution in [1.82, 2.24) is 0 Å². The molecule has 0 aromatic heterocycles. The van der Waals surface area contributed by atoms with Crippen LogP contribution in [0.1, 0.15) is 44.8 Å². The van der Waals surface area contributed by atoms with Gasteiger partial charge in [0, 0.05) is 5.56 Å². The van der Waals surface area contributed by atoms with Gasteiger partial charge in [-0.15, -0.1) is 0 Å². The van der Waals surface area contributed by atoms with Gasteiger partial charge in [-0.3, -0.25) is 0 Å². The molecule has 2 heteroatoms. The number of fused-ring (bicyclic) bond motifs is 1. The second kappa shape index (κ2) is 4.58. The van der Waals surface area contributed by atoms with Crippen molar-refractivity contribution >= 4 is 0 Å². The lowest BCUT2D eigenvalue weighted by molar-refractivity contribution is 0.129. The fourth-order valence-electron chi connectivity index (χ4n) is 3.64. The average molecular weight is 246 g/mol. The van der Waals surface area contributed by atoms with E-state index in [1.54, 1.807) is 0 Å². The van der Waals surface area contributed by atoms with Crippen LogP contribution >= 0.6 is 0 Å². The van der Waals surface area contributed by atoms with Crippen molar-refractivity contribution in [1.29, 1.82) is 0 Å². The summed E-state index contributed by atoms with van der Waals surface area (Å²) in [6, 6.07) is 7.94. The van der Waals surface area contributed by atoms with Crippen LogP contribution in [0.2, 0.25) is 0 Å². The fraction of sp³-hybridized carbons (Fsp3) is 0.625. The van der Waals surface area contributed by atoms with Crippen LogP contribution in [-0.2, 0) is 0 Å². The summed E-state index contributed by atoms with van der Waals surface area (Å²) in [6.45, 7) is 4.05. The van der Waals surface area contributed by atoms with Crippen LogP contribution in [0.5, 0.6) is 5.75 Å². The van der Waals surface area contributed by atoms with Gasteiger partial charge >= 0.3 is 0 Å². The van der Waals surface area contributed by atoms with Crippen molar-refractivity contribution in [3.63, 3.8) is 0 Å². The van der Waals surface area contributed by atoms with E-state index in [1.165, 1.54) is 19.3 Å². The van der Waals surface area contributed by atoms with Gasteiger partial charge in [0.2, 0.25) is 0 Å². The van der Waals surface area contributed by atoms with E-state index in [0.29, 0.717) is 5.92 Å². The van der Waals surface area contributed by atoms with Crippen LogP contribution in [0, 0.1) is 17.8 Å². The first-order chi connectivity index (χ1) is 8.68. The SMILES string of the molecule is CC(C)Oc1ccccc1C(O)C1C2CCCC21. The maximum atomic E-state index is 10.6. The van der Waals surface area contributed by atoms with Gasteiger partial charge in [-0.05, 0) is 50.5 Å². The third-order valence-electron chi connectivity index (χ3n) is 4.44. The highest BCUT2D eigenvalue weighted by Crippen LogP contribution is 2.62. The molecule has 1 N–H and O–H groups in total. The Labute approximate surface area is 109 Å². The van der Waals surface area contributed by atoms with E-state index in [2.05, 4.69) is 0 Å². The Morgan fingerprint density at radius 2 is 1.83 bits per heavy atom. The van der Waals surface area contributed by atoms with Crippen molar-refractivity contribution in [3.8, 4) is 5.75 Å². The van der Waals surface area contributed by atoms with Crippen molar-refractivity contribution in [3.05, 3.63) is 29.8 Å². The molecule has 1 aromatic rings. The molecule has 3 unspecified atom stereocenters. The number of ether oxygens (including phenoxy) is 1. The lowest BCUT2D eigenvalue weighted by Crippen LogP contribution is -2.11. The summed E-state index contributed by atoms with van der Waals surface area (Å²) in [7, 11) is 0. The Balaban J connectivity index is 1.79. The van der Waals surface area contributed by atoms with Crippen LogP contribution in [0.3, 0.4) is 0 Å². The van der Waals surface area contributed by atoms with E-state index in [1.807, 2.05) is 38.1 Å². The van der Waals surface area contributed by atoms with E-state index >= 15 is 0 Å². The van der Waals surface area contributed by atoms with Gasteiger partial charge in [0.05, 0.1) is 12.2 Å². The first-order valence-electron chi connectivity index (χ1n) is 7.12. The lowest BCUT2D eigenvalue weighted by atomic mass is 9.99. The molecule has 1 aromatic carbocycles. The Kier molecular flexibility index (Phi) is 3.06. The predicted octanol–water partition coefficient (Wildman–Crippen LogP) is 3.55. The molecule has 0 aliphatic heterocycles. The average Bonchev–Trinajstić information content (AvgIpc) is 2.81. The molecule has 2 saturated carbocycles. The summed E-state index contributed by atoms with van der Waals surface area (Å²) in [4.78, 5) is 0. The fourth-order valence-corrected chi connectivity index (χ4v) is 3.64. The summed E-state index contributed by atoms with van der Waals surface area (Å²) in [6.07, 6.45) is 3.77. The first-order valence-corrected chi connectivity index (χ1v) is 7.12. The van der Waals surface area contributed by atoms with Gasteiger partial charge in [-0.1, -0.05) is 24.6 Å². The van der Waals surface area contributed by atoms with Gasteiger partial charge < -0.3 is 9.84 Å². The zero-order chi connectivity index (χ0) is 12.7. The quantitative estimate of drug-likeness (QED) is 0.880. The van der Waals surface area contributed by atoms with Crippen LogP contribution in [0.4, 0.5) is 0 Å². The third-order valence-corrected chi connectivity index (χ3v) is 4.44. The van der Waals surface area contributed by atoms with Gasteiger partial charge in [0.25, 0.3) is 0 Å². The van der Waals surface area contributed by atoms with Crippen LogP contribution < -0.4 is 4.74 Å². The minimum atomic E-state index is -0.338. The molecule has 2 aliphatic rings. The zero-order valence-electron chi connectivity index (χ0n) is 11.2. The number of para-hydroxylation sites is 1. The molecule has 0 saturated heterocycles. The third kappa shape index (κ3) is 2.03. The second-order valence-electron chi connectivity index (χ2n) is 5.99. The van der Waals surface area contributed by atoms with Crippen molar-refractivity contribution in [2.75, 3.05) is 0 Å². The summed E-state index contributed by atoms with van der Waals surface area (Å²) in [5.41, 5.74) is 0.977. The Bertz CT molecular complexity index is 417. The minimum Gasteiger partial charge on any atom is -0.491 e. The van der Waals surface area contributed by atoms with Gasteiger partial charge in [-0.2, -0.15) is 0 Å². The second-order valence-corrected chi connectivity index (χ2v) is 5.99. The highest BCUT2D eigenvalue weighted by Gasteiger charge is 2.56. The van der Waals surface area contributed by atoms with E-state index in [9.17, 15) is 5.11 Å². The topological polar surface area (TPSA) is 29.5 Å². The molecule has 0 radical (unpaired) electrons. The predicted molar refractivity (Wildman–Crippen MR) is 71.5 cm³/mol. The molecule has 18 heavy (non-hydrogen) atoms. The Morgan fingerprint density at radius 3 is 2.50 bits per heavy atom. The van der Waals surface area contributed by atoms with Gasteiger partial charge in [-0.25, -0.2) is 0 Å². The molecule has 3 rings (SSSR count). The highest BCUT2D eigenvalue weighted by molar-refractivity contribution is 5.36. The standard InChI is InChI=1S/C16H22O2/c1-10(2)18-14-9-4-3-6-13(14)16(17)15-11-7-5-8-12(11)15/h3-4,6,9-12,15-17H,5,7-8H2,1-2H3. The smallest absolute Gasteiger partial charge is 0.125 e. The van der Waals surface area contributed by atoms with Crippen LogP contribution in [0.25, 0.3) is 0 Å². The van der Waals surface area contributed by atoms with E-state index in [-0.39, 0.29) is 12.2 Å². The van der Waals surface area contributed by atoms with Crippen LogP contribution in [-0.4, -0.2) is 11.2 Å². The molecule has 2 fully saturated rings. The Hall–Kier alpha value is -1.02. The number of hydrogen-bond acceptors (Lipinski definition) is 2. The molecule has 0 spiro atoms. The van der Waals surface area contributed by atoms with Crippen molar-refractivity contribution in [2.45, 2.75) is 45.3 Å². The largest absolute Gasteiger partial charge is 0.491 e. The van der Waals surface area contributed by atoms with Gasteiger partial charge in [0.15, 0.2) is 0 Å². The Morgan fingerprint density at radius 1 is 1.17 bits per heavy atom. The van der Waals surface area contributed by atoms with Gasteiger partial charge in [0.1, 0.15) is 5.75 Å². The molecule has 2 nitrogen and oxygen atoms in total. The monoisotopic (exact) mass is 246 g/mol. The number of aliphatic hydroxyl groups excluding tert-OH is 1. The normalized spacial score (nSPS) is 31.2. The number of rotatable bonds is 4. The maximum Gasteiger partial charge on any atom is 0.125 e. The summed E-state index contributed by atoms with van der Waals surface area (Å²) in [5, 5.41) is 10.6. The highest BCUT2D eigenvalue weighted by atomic mass is 16.5. The number of benzene rings is 1.